The Morgan fingerprint density at radius 3 is 2.55 bits per heavy atom. The minimum absolute atomic E-state index is 0.174. The zero-order chi connectivity index (χ0) is 14.6. The molecular formula is C15H15O3S2-. The molecule has 0 spiro atoms. The highest BCUT2D eigenvalue weighted by molar-refractivity contribution is 8.29. The van der Waals surface area contributed by atoms with E-state index in [4.69, 9.17) is 4.74 Å². The predicted octanol–water partition coefficient (Wildman–Crippen LogP) is 2.85. The molecular weight excluding hydrogens is 292 g/mol. The van der Waals surface area contributed by atoms with Crippen LogP contribution in [-0.4, -0.2) is 15.4 Å². The molecule has 1 atom stereocenters. The van der Waals surface area contributed by atoms with Gasteiger partial charge in [-0.15, -0.1) is 0 Å². The molecule has 0 fully saturated rings. The Morgan fingerprint density at radius 1 is 1.20 bits per heavy atom. The molecule has 0 saturated carbocycles. The van der Waals surface area contributed by atoms with Crippen LogP contribution < -0.4 is 4.74 Å². The molecule has 0 aliphatic heterocycles. The molecule has 0 N–H and O–H groups in total. The third-order valence-electron chi connectivity index (χ3n) is 2.99. The number of ether oxygens (including phenoxy) is 1. The fourth-order valence-corrected chi connectivity index (χ4v) is 2.70. The molecule has 2 rings (SSSR count). The van der Waals surface area contributed by atoms with Crippen molar-refractivity contribution in [2.45, 2.75) is 18.2 Å². The van der Waals surface area contributed by atoms with E-state index >= 15 is 0 Å². The Kier molecular flexibility index (Phi) is 4.75. The first-order valence-electron chi connectivity index (χ1n) is 6.20. The van der Waals surface area contributed by atoms with Gasteiger partial charge in [-0.3, -0.25) is 4.21 Å². The molecule has 5 heteroatoms. The van der Waals surface area contributed by atoms with E-state index in [9.17, 15) is 8.76 Å². The van der Waals surface area contributed by atoms with Crippen molar-refractivity contribution in [2.75, 3.05) is 6.61 Å². The van der Waals surface area contributed by atoms with Gasteiger partial charge in [-0.1, -0.05) is 24.3 Å². The quantitative estimate of drug-likeness (QED) is 0.852. The number of hydrogen-bond donors (Lipinski definition) is 0. The molecule has 3 nitrogen and oxygen atoms in total. The second kappa shape index (κ2) is 6.35. The molecule has 0 bridgehead atoms. The van der Waals surface area contributed by atoms with Gasteiger partial charge in [0.1, 0.15) is 5.75 Å². The Balaban J connectivity index is 2.06. The smallest absolute Gasteiger partial charge is 0.119 e. The average molecular weight is 307 g/mol. The molecule has 0 heterocycles. The maximum Gasteiger partial charge on any atom is 0.119 e. The molecule has 0 saturated heterocycles. The van der Waals surface area contributed by atoms with Crippen LogP contribution in [0.3, 0.4) is 0 Å². The van der Waals surface area contributed by atoms with E-state index in [0.717, 1.165) is 16.9 Å². The summed E-state index contributed by atoms with van der Waals surface area (Å²) in [5.74, 6) is 0.803. The molecule has 106 valence electrons. The molecule has 1 unspecified atom stereocenters. The van der Waals surface area contributed by atoms with Crippen molar-refractivity contribution in [1.82, 2.24) is 0 Å². The zero-order valence-corrected chi connectivity index (χ0v) is 12.7. The Labute approximate surface area is 124 Å². The summed E-state index contributed by atoms with van der Waals surface area (Å²) in [5, 5.41) is 0. The maximum absolute atomic E-state index is 11.4. The predicted molar refractivity (Wildman–Crippen MR) is 81.4 cm³/mol. The number of hydrogen-bond acceptors (Lipinski definition) is 4. The Hall–Kier alpha value is -1.43. The van der Waals surface area contributed by atoms with Crippen LogP contribution in [0.5, 0.6) is 5.75 Å². The number of aryl methyl sites for hydroxylation is 1. The number of rotatable bonds is 5. The minimum atomic E-state index is -3.58. The fourth-order valence-electron chi connectivity index (χ4n) is 1.87. The van der Waals surface area contributed by atoms with Crippen LogP contribution in [0.25, 0.3) is 0 Å². The molecule has 0 radical (unpaired) electrons. The third kappa shape index (κ3) is 4.03. The monoisotopic (exact) mass is 307 g/mol. The van der Waals surface area contributed by atoms with Gasteiger partial charge in [-0.05, 0) is 62.3 Å². The molecule has 20 heavy (non-hydrogen) atoms. The van der Waals surface area contributed by atoms with Crippen molar-refractivity contribution in [3.05, 3.63) is 59.7 Å². The van der Waals surface area contributed by atoms with E-state index in [1.165, 1.54) is 0 Å². The lowest BCUT2D eigenvalue weighted by molar-refractivity contribution is 0.321. The van der Waals surface area contributed by atoms with Gasteiger partial charge < -0.3 is 9.29 Å². The first-order chi connectivity index (χ1) is 9.47. The standard InChI is InChI=1S/C15H16O3S2/c1-12-7-8-15(20(16,17)19)11-13(12)9-10-18-14-5-3-2-4-6-14/h2-8,11H,9-10H2,1H3,(H,16,17,19)/p-1. The lowest BCUT2D eigenvalue weighted by Crippen LogP contribution is -2.05. The van der Waals surface area contributed by atoms with Crippen molar-refractivity contribution in [1.29, 1.82) is 0 Å². The summed E-state index contributed by atoms with van der Waals surface area (Å²) in [6.07, 6.45) is 0.638. The van der Waals surface area contributed by atoms with Gasteiger partial charge in [-0.2, -0.15) is 0 Å². The van der Waals surface area contributed by atoms with Gasteiger partial charge in [0, 0.05) is 11.3 Å². The van der Waals surface area contributed by atoms with Crippen molar-refractivity contribution in [2.24, 2.45) is 0 Å². The number of benzene rings is 2. The molecule has 0 amide bonds. The lowest BCUT2D eigenvalue weighted by atomic mass is 10.1. The van der Waals surface area contributed by atoms with Crippen molar-refractivity contribution >= 4 is 20.0 Å². The van der Waals surface area contributed by atoms with E-state index < -0.39 is 8.77 Å². The van der Waals surface area contributed by atoms with E-state index in [1.54, 1.807) is 18.2 Å². The third-order valence-corrected chi connectivity index (χ3v) is 4.40. The highest BCUT2D eigenvalue weighted by atomic mass is 32.8. The van der Waals surface area contributed by atoms with Crippen LogP contribution in [0.15, 0.2) is 53.4 Å². The van der Waals surface area contributed by atoms with E-state index in [2.05, 4.69) is 11.2 Å². The topological polar surface area (TPSA) is 49.4 Å². The summed E-state index contributed by atoms with van der Waals surface area (Å²) < 4.78 is 28.4. The summed E-state index contributed by atoms with van der Waals surface area (Å²) in [4.78, 5) is 0.174. The zero-order valence-electron chi connectivity index (χ0n) is 11.1. The maximum atomic E-state index is 11.4. The number of para-hydroxylation sites is 1. The summed E-state index contributed by atoms with van der Waals surface area (Å²) in [7, 11) is -3.58. The first-order valence-corrected chi connectivity index (χ1v) is 8.61. The van der Waals surface area contributed by atoms with E-state index in [-0.39, 0.29) is 4.90 Å². The van der Waals surface area contributed by atoms with Gasteiger partial charge in [0.25, 0.3) is 0 Å². The van der Waals surface area contributed by atoms with Crippen LogP contribution in [0.2, 0.25) is 0 Å². The van der Waals surface area contributed by atoms with Crippen molar-refractivity contribution in [3.8, 4) is 5.75 Å². The molecule has 2 aromatic rings. The summed E-state index contributed by atoms with van der Waals surface area (Å²) in [5.41, 5.74) is 1.97. The van der Waals surface area contributed by atoms with Crippen molar-refractivity contribution < 1.29 is 13.5 Å². The Morgan fingerprint density at radius 2 is 1.90 bits per heavy atom. The fraction of sp³-hybridized carbons (Fsp3) is 0.200. The second-order valence-corrected chi connectivity index (χ2v) is 7.15. The van der Waals surface area contributed by atoms with Gasteiger partial charge in [0.2, 0.25) is 0 Å². The first kappa shape index (κ1) is 15.0. The van der Waals surface area contributed by atoms with E-state index in [0.29, 0.717) is 13.0 Å². The average Bonchev–Trinajstić information content (AvgIpc) is 2.41. The lowest BCUT2D eigenvalue weighted by Gasteiger charge is -2.14. The van der Waals surface area contributed by atoms with Gasteiger partial charge in [-0.25, -0.2) is 0 Å². The van der Waals surface area contributed by atoms with Gasteiger partial charge >= 0.3 is 0 Å². The van der Waals surface area contributed by atoms with Crippen molar-refractivity contribution in [3.63, 3.8) is 0 Å². The second-order valence-electron chi connectivity index (χ2n) is 4.45. The summed E-state index contributed by atoms with van der Waals surface area (Å²) >= 11 is 4.48. The van der Waals surface area contributed by atoms with Crippen LogP contribution in [0, 0.1) is 6.92 Å². The van der Waals surface area contributed by atoms with Crippen LogP contribution >= 0.6 is 0 Å². The molecule has 2 aromatic carbocycles. The molecule has 0 aliphatic carbocycles. The summed E-state index contributed by atoms with van der Waals surface area (Å²) in [6, 6.07) is 14.5. The summed E-state index contributed by atoms with van der Waals surface area (Å²) in [6.45, 7) is 2.43. The minimum Gasteiger partial charge on any atom is -0.766 e. The largest absolute Gasteiger partial charge is 0.766 e. The molecule has 0 aliphatic rings. The van der Waals surface area contributed by atoms with Crippen LogP contribution in [0.1, 0.15) is 11.1 Å². The normalized spacial score (nSPS) is 13.7. The van der Waals surface area contributed by atoms with E-state index in [1.807, 2.05) is 37.3 Å². The highest BCUT2D eigenvalue weighted by Crippen LogP contribution is 2.17. The SMILES string of the molecule is Cc1ccc(S(=O)([O-])=S)cc1CCOc1ccccc1. The highest BCUT2D eigenvalue weighted by Gasteiger charge is 2.04. The van der Waals surface area contributed by atoms with Crippen LogP contribution in [0.4, 0.5) is 0 Å². The Bertz CT molecular complexity index is 680. The molecule has 0 aromatic heterocycles. The van der Waals surface area contributed by atoms with Gasteiger partial charge in [0.15, 0.2) is 0 Å². The van der Waals surface area contributed by atoms with Gasteiger partial charge in [0.05, 0.1) is 6.61 Å². The van der Waals surface area contributed by atoms with Crippen LogP contribution in [-0.2, 0) is 26.4 Å².